The number of aromatic nitrogens is 5. The number of hydrogen-bond donors (Lipinski definition) is 1. The second-order valence-electron chi connectivity index (χ2n) is 10.9. The van der Waals surface area contributed by atoms with Crippen LogP contribution in [-0.2, 0) is 28.0 Å². The van der Waals surface area contributed by atoms with Crippen molar-refractivity contribution in [3.63, 3.8) is 0 Å². The lowest BCUT2D eigenvalue weighted by Crippen LogP contribution is -2.41. The van der Waals surface area contributed by atoms with Gasteiger partial charge in [0, 0.05) is 36.9 Å². The van der Waals surface area contributed by atoms with Crippen LogP contribution in [0.15, 0.2) is 54.0 Å². The molecule has 0 unspecified atom stereocenters. The number of rotatable bonds is 6. The van der Waals surface area contributed by atoms with Crippen LogP contribution in [0.3, 0.4) is 0 Å². The van der Waals surface area contributed by atoms with E-state index in [0.717, 1.165) is 24.1 Å². The molecular weight excluding hydrogens is 552 g/mol. The maximum absolute atomic E-state index is 13.4. The van der Waals surface area contributed by atoms with Crippen LogP contribution in [-0.4, -0.2) is 68.0 Å². The highest BCUT2D eigenvalue weighted by atomic mass is 16.5. The summed E-state index contributed by atoms with van der Waals surface area (Å²) in [5.74, 6) is 1.39. The second-order valence-corrected chi connectivity index (χ2v) is 10.9. The third-order valence-electron chi connectivity index (χ3n) is 8.32. The fourth-order valence-electron chi connectivity index (χ4n) is 6.08. The lowest BCUT2D eigenvalue weighted by atomic mass is 9.86. The van der Waals surface area contributed by atoms with Crippen LogP contribution >= 0.6 is 0 Å². The Morgan fingerprint density at radius 1 is 1.21 bits per heavy atom. The van der Waals surface area contributed by atoms with E-state index in [-0.39, 0.29) is 36.1 Å². The quantitative estimate of drug-likeness (QED) is 0.340. The molecule has 0 bridgehead atoms. The van der Waals surface area contributed by atoms with Crippen LogP contribution in [0.2, 0.25) is 0 Å². The molecule has 1 fully saturated rings. The number of pyridine rings is 1. The van der Waals surface area contributed by atoms with Crippen molar-refractivity contribution >= 4 is 40.5 Å². The molecule has 13 nitrogen and oxygen atoms in total. The minimum atomic E-state index is -0.315. The van der Waals surface area contributed by atoms with Crippen molar-refractivity contribution in [2.24, 2.45) is 0 Å². The van der Waals surface area contributed by atoms with Gasteiger partial charge in [0.05, 0.1) is 13.7 Å². The Balaban J connectivity index is 1.28. The number of likely N-dealkylation sites (N-methyl/N-ethyl adjacent to an activating group) is 1. The molecule has 0 radical (unpaired) electrons. The Morgan fingerprint density at radius 3 is 2.79 bits per heavy atom. The summed E-state index contributed by atoms with van der Waals surface area (Å²) in [6, 6.07) is 9.51. The van der Waals surface area contributed by atoms with Crippen molar-refractivity contribution in [2.75, 3.05) is 37.0 Å². The Kier molecular flexibility index (Phi) is 6.18. The number of hydrogen-bond acceptors (Lipinski definition) is 9. The number of carbonyl (C=O) groups is 2. The molecule has 2 amide bonds. The van der Waals surface area contributed by atoms with Gasteiger partial charge in [-0.25, -0.2) is 24.1 Å². The summed E-state index contributed by atoms with van der Waals surface area (Å²) >= 11 is 0. The van der Waals surface area contributed by atoms with E-state index in [2.05, 4.69) is 22.9 Å². The fourth-order valence-corrected chi connectivity index (χ4v) is 6.08. The van der Waals surface area contributed by atoms with Crippen LogP contribution in [0.4, 0.5) is 22.2 Å². The summed E-state index contributed by atoms with van der Waals surface area (Å²) in [5, 5.41) is 3.62. The summed E-state index contributed by atoms with van der Waals surface area (Å²) in [6.45, 7) is 7.38. The first-order valence-corrected chi connectivity index (χ1v) is 14.1. The Bertz CT molecular complexity index is 1870. The van der Waals surface area contributed by atoms with E-state index < -0.39 is 0 Å². The van der Waals surface area contributed by atoms with Crippen molar-refractivity contribution in [3.05, 3.63) is 70.7 Å². The van der Waals surface area contributed by atoms with Crippen LogP contribution in [0.1, 0.15) is 30.9 Å². The lowest BCUT2D eigenvalue weighted by Gasteiger charge is -2.34. The molecule has 2 aliphatic heterocycles. The van der Waals surface area contributed by atoms with E-state index in [1.54, 1.807) is 32.7 Å². The zero-order valence-corrected chi connectivity index (χ0v) is 23.9. The number of amides is 2. The van der Waals surface area contributed by atoms with E-state index in [1.165, 1.54) is 23.6 Å². The Hall–Kier alpha value is -5.20. The Labute approximate surface area is 246 Å². The SMILES string of the molecule is C=CCn1c(=O)c2cnc(Nc3ccc4c(c3)C3(CC3)CN(C(=O)OC)C4)nc2n1-c1ccc2c(n1)N(CC)C(=O)CO2. The fraction of sp³-hybridized carbons (Fsp3) is 0.333. The van der Waals surface area contributed by atoms with Gasteiger partial charge in [-0.15, -0.1) is 6.58 Å². The summed E-state index contributed by atoms with van der Waals surface area (Å²) in [5.41, 5.74) is 3.10. The lowest BCUT2D eigenvalue weighted by molar-refractivity contribution is -0.121. The molecule has 0 saturated heterocycles. The zero-order valence-electron chi connectivity index (χ0n) is 23.9. The number of methoxy groups -OCH3 is 1. The third kappa shape index (κ3) is 4.30. The summed E-state index contributed by atoms with van der Waals surface area (Å²) < 4.78 is 13.7. The molecule has 4 aromatic rings. The highest BCUT2D eigenvalue weighted by Crippen LogP contribution is 2.53. The highest BCUT2D eigenvalue weighted by molar-refractivity contribution is 5.96. The smallest absolute Gasteiger partial charge is 0.409 e. The van der Waals surface area contributed by atoms with Gasteiger partial charge in [0.25, 0.3) is 11.5 Å². The number of anilines is 3. The average molecular weight is 583 g/mol. The molecule has 7 rings (SSSR count). The first-order valence-electron chi connectivity index (χ1n) is 14.1. The molecule has 1 aromatic carbocycles. The van der Waals surface area contributed by atoms with Gasteiger partial charge in [-0.05, 0) is 55.2 Å². The van der Waals surface area contributed by atoms with Gasteiger partial charge in [0.1, 0.15) is 5.39 Å². The minimum absolute atomic E-state index is 0.0505. The molecule has 1 spiro atoms. The van der Waals surface area contributed by atoms with Gasteiger partial charge < -0.3 is 19.7 Å². The standard InChI is InChI=1S/C30H30N8O5/c1-4-12-37-27(40)20-14-31-28(32-19-7-6-18-15-35(29(41)42-3)17-30(10-11-30)21(18)13-19)34-25(20)38(37)23-9-8-22-26(33-23)36(5-2)24(39)16-43-22/h4,6-9,13-14H,1,5,10-12,15-17H2,2-3H3,(H,31,32,34). The van der Waals surface area contributed by atoms with Crippen molar-refractivity contribution in [1.29, 1.82) is 0 Å². The minimum Gasteiger partial charge on any atom is -0.480 e. The zero-order chi connectivity index (χ0) is 29.9. The highest BCUT2D eigenvalue weighted by Gasteiger charge is 2.50. The van der Waals surface area contributed by atoms with Gasteiger partial charge in [-0.2, -0.15) is 4.98 Å². The van der Waals surface area contributed by atoms with Crippen molar-refractivity contribution < 1.29 is 19.1 Å². The van der Waals surface area contributed by atoms with Crippen molar-refractivity contribution in [3.8, 4) is 11.6 Å². The maximum Gasteiger partial charge on any atom is 0.409 e. The summed E-state index contributed by atoms with van der Waals surface area (Å²) in [4.78, 5) is 55.4. The van der Waals surface area contributed by atoms with Crippen LogP contribution in [0.25, 0.3) is 16.9 Å². The number of benzene rings is 1. The van der Waals surface area contributed by atoms with E-state index >= 15 is 0 Å². The maximum atomic E-state index is 13.4. The molecule has 3 aromatic heterocycles. The molecule has 13 heteroatoms. The van der Waals surface area contributed by atoms with Crippen LogP contribution in [0, 0.1) is 0 Å². The number of carbonyl (C=O) groups excluding carboxylic acids is 2. The number of nitrogens with zero attached hydrogens (tertiary/aromatic N) is 7. The molecule has 0 atom stereocenters. The molecular formula is C30H30N8O5. The van der Waals surface area contributed by atoms with Gasteiger partial charge in [-0.3, -0.25) is 14.5 Å². The van der Waals surface area contributed by atoms with Crippen LogP contribution in [0.5, 0.6) is 5.75 Å². The monoisotopic (exact) mass is 582 g/mol. The molecule has 5 heterocycles. The van der Waals surface area contributed by atoms with E-state index in [1.807, 2.05) is 19.1 Å². The molecule has 1 N–H and O–H groups in total. The number of fused-ring (bicyclic) bond motifs is 4. The van der Waals surface area contributed by atoms with E-state index in [9.17, 15) is 14.4 Å². The van der Waals surface area contributed by atoms with Gasteiger partial charge in [0.2, 0.25) is 5.95 Å². The molecule has 1 aliphatic carbocycles. The second kappa shape index (κ2) is 9.96. The predicted octanol–water partition coefficient (Wildman–Crippen LogP) is 3.27. The number of nitrogens with one attached hydrogen (secondary N) is 1. The van der Waals surface area contributed by atoms with E-state index in [0.29, 0.717) is 54.0 Å². The van der Waals surface area contributed by atoms with Crippen LogP contribution < -0.4 is 20.5 Å². The predicted molar refractivity (Wildman–Crippen MR) is 158 cm³/mol. The number of ether oxygens (including phenoxy) is 2. The topological polar surface area (TPSA) is 137 Å². The van der Waals surface area contributed by atoms with E-state index in [4.69, 9.17) is 19.4 Å². The first kappa shape index (κ1) is 26.7. The molecule has 43 heavy (non-hydrogen) atoms. The largest absolute Gasteiger partial charge is 0.480 e. The first-order chi connectivity index (χ1) is 20.9. The van der Waals surface area contributed by atoms with Crippen molar-refractivity contribution in [2.45, 2.75) is 38.3 Å². The normalized spacial score (nSPS) is 16.5. The average Bonchev–Trinajstić information content (AvgIpc) is 3.74. The molecule has 1 saturated carbocycles. The van der Waals surface area contributed by atoms with Gasteiger partial charge in [-0.1, -0.05) is 12.1 Å². The Morgan fingerprint density at radius 2 is 2.05 bits per heavy atom. The summed E-state index contributed by atoms with van der Waals surface area (Å²) in [6.07, 6.45) is 4.81. The molecule has 3 aliphatic rings. The molecule has 220 valence electrons. The number of allylic oxidation sites excluding steroid dienone is 1. The summed E-state index contributed by atoms with van der Waals surface area (Å²) in [7, 11) is 1.41. The van der Waals surface area contributed by atoms with Gasteiger partial charge >= 0.3 is 6.09 Å². The van der Waals surface area contributed by atoms with Crippen molar-refractivity contribution in [1.82, 2.24) is 29.2 Å². The third-order valence-corrected chi connectivity index (χ3v) is 8.32. The van der Waals surface area contributed by atoms with Gasteiger partial charge in [0.15, 0.2) is 29.6 Å².